The number of aliphatic imine (C=N–C) groups is 5. The number of aromatic nitrogens is 3. The minimum Gasteiger partial charge on any atom is -0.459 e. The van der Waals surface area contributed by atoms with E-state index in [1.807, 2.05) is 52.6 Å². The number of aldehydes is 1. The summed E-state index contributed by atoms with van der Waals surface area (Å²) >= 11 is 19.4. The lowest BCUT2D eigenvalue weighted by atomic mass is 10.2. The normalized spacial score (nSPS) is 21.7. The van der Waals surface area contributed by atoms with Crippen molar-refractivity contribution in [3.63, 3.8) is 0 Å². The quantitative estimate of drug-likeness (QED) is 0.0517. The number of amides is 3. The van der Waals surface area contributed by atoms with Crippen LogP contribution in [0.25, 0.3) is 4.85 Å². The minimum absolute atomic E-state index is 0. The fourth-order valence-electron chi connectivity index (χ4n) is 6.80. The number of nitrogens with zero attached hydrogens (tertiary/aromatic N) is 12. The molecule has 7 aliphatic rings. The van der Waals surface area contributed by atoms with Crippen LogP contribution in [0.3, 0.4) is 0 Å². The van der Waals surface area contributed by atoms with Crippen LogP contribution < -0.4 is 5.73 Å². The second-order valence-corrected chi connectivity index (χ2v) is 28.1. The molecule has 3 aromatic heterocycles. The van der Waals surface area contributed by atoms with E-state index in [2.05, 4.69) is 124 Å². The molecule has 21 nitrogen and oxygen atoms in total. The number of thiazole rings is 3. The first kappa shape index (κ1) is 66.3. The molecule has 0 saturated carbocycles. The van der Waals surface area contributed by atoms with Crippen LogP contribution in [0.1, 0.15) is 107 Å². The Hall–Kier alpha value is -3.96. The molecule has 7 aliphatic heterocycles. The predicted molar refractivity (Wildman–Crippen MR) is 324 cm³/mol. The first-order valence-electron chi connectivity index (χ1n) is 23.2. The van der Waals surface area contributed by atoms with Gasteiger partial charge in [-0.3, -0.25) is 49.0 Å². The Kier molecular flexibility index (Phi) is 28.1. The van der Waals surface area contributed by atoms with Crippen molar-refractivity contribution < 1.29 is 30.1 Å². The van der Waals surface area contributed by atoms with Crippen molar-refractivity contribution in [2.24, 2.45) is 35.8 Å². The van der Waals surface area contributed by atoms with Crippen LogP contribution in [0.2, 0.25) is 0 Å². The van der Waals surface area contributed by atoms with Gasteiger partial charge in [-0.1, -0.05) is 32.2 Å². The molecule has 0 radical (unpaired) electrons. The van der Waals surface area contributed by atoms with Crippen molar-refractivity contribution >= 4 is 180 Å². The van der Waals surface area contributed by atoms with Crippen molar-refractivity contribution in [2.75, 3.05) is 19.6 Å². The van der Waals surface area contributed by atoms with Crippen LogP contribution in [0.5, 0.6) is 0 Å². The summed E-state index contributed by atoms with van der Waals surface area (Å²) in [6.45, 7) is 30.0. The number of nitrogens with two attached hydrogens (primary N) is 1. The third-order valence-corrected chi connectivity index (χ3v) is 18.5. The maximum Gasteiger partial charge on any atom is 0.327 e. The summed E-state index contributed by atoms with van der Waals surface area (Å²) in [6, 6.07) is 0.104. The molecule has 6 atom stereocenters. The molecule has 10 rings (SSSR count). The van der Waals surface area contributed by atoms with E-state index in [9.17, 15) is 24.0 Å². The van der Waals surface area contributed by atoms with Crippen LogP contribution in [-0.2, 0) is 36.8 Å². The number of esters is 1. The molecule has 0 aromatic carbocycles. The smallest absolute Gasteiger partial charge is 0.327 e. The number of hydrazone groups is 1. The van der Waals surface area contributed by atoms with Crippen molar-refractivity contribution in [3.8, 4) is 0 Å². The number of ether oxygens (including phenoxy) is 1. The fourth-order valence-corrected chi connectivity index (χ4v) is 14.3. The Morgan fingerprint density at radius 1 is 0.868 bits per heavy atom. The number of halogens is 3. The van der Waals surface area contributed by atoms with Gasteiger partial charge in [-0.05, 0) is 107 Å². The monoisotopic (exact) mass is 1350 g/mol. The molecule has 76 heavy (non-hydrogen) atoms. The van der Waals surface area contributed by atoms with Gasteiger partial charge in [0.05, 0.1) is 84.6 Å². The number of carbonyl (C=O) groups is 5. The van der Waals surface area contributed by atoms with E-state index in [0.29, 0.717) is 40.9 Å². The minimum atomic E-state index is -0.606. The van der Waals surface area contributed by atoms with Crippen molar-refractivity contribution in [2.45, 2.75) is 141 Å². The number of aryl methyl sites for hydroxylation is 5. The molecule has 0 aliphatic carbocycles. The number of nitrogens with one attached hydrogen (secondary N) is 2. The van der Waals surface area contributed by atoms with Gasteiger partial charge in [-0.2, -0.15) is 10.1 Å². The zero-order chi connectivity index (χ0) is 57.0. The number of imide groups is 1. The SMILES string of the molecule is CC1=NC2C(C(N)=O)=NN(CC(=O)OC(C)(C)C)C2S1.CC1=NC2C=NCC2S1.CCc1csc(C)n1.CCc1nc(C)sc1Br.Cc1nc(C=O)c(Br)s1.N=N.O=C1CCC(=O)N1Br.[C-]#[N+]C1=NCC2SC(C)=NC12.[HH]. The van der Waals surface area contributed by atoms with Gasteiger partial charge in [0.25, 0.3) is 11.7 Å². The zero-order valence-corrected chi connectivity index (χ0v) is 53.3. The zero-order valence-electron chi connectivity index (χ0n) is 43.6. The number of hydrogen-bond acceptors (Lipinski definition) is 24. The number of fused-ring (bicyclic) bond motifs is 3. The summed E-state index contributed by atoms with van der Waals surface area (Å²) < 4.78 is 8.23. The molecule has 30 heteroatoms. The van der Waals surface area contributed by atoms with Crippen LogP contribution in [-0.4, -0.2) is 146 Å². The summed E-state index contributed by atoms with van der Waals surface area (Å²) in [6.07, 6.45) is 5.49. The van der Waals surface area contributed by atoms with E-state index in [-0.39, 0.29) is 43.0 Å². The molecule has 6 unspecified atom stereocenters. The highest BCUT2D eigenvalue weighted by molar-refractivity contribution is 9.11. The first-order chi connectivity index (χ1) is 35.9. The molecular weight excluding hydrogens is 1290 g/mol. The summed E-state index contributed by atoms with van der Waals surface area (Å²) in [5.41, 5.74) is 17.8. The Morgan fingerprint density at radius 3 is 1.89 bits per heavy atom. The van der Waals surface area contributed by atoms with Crippen LogP contribution in [0.4, 0.5) is 0 Å². The second-order valence-electron chi connectivity index (χ2n) is 17.1. The van der Waals surface area contributed by atoms with Gasteiger partial charge in [-0.25, -0.2) is 29.9 Å². The molecule has 414 valence electrons. The van der Waals surface area contributed by atoms with E-state index < -0.39 is 17.5 Å². The maximum absolute atomic E-state index is 11.9. The molecular formula is C46H62Br3N15O6S6. The lowest BCUT2D eigenvalue weighted by Gasteiger charge is -2.24. The standard InChI is InChI=1S/C12H18N4O3S.C7H7N3S.C6H8BrNS.C6H8N2S.C6H9NS.C5H4BrNOS.C4H4BrNO2.H2N2.H2/c1-6-14-9-8(10(13)18)15-16(11(9)20-6)5-7(17)19-12(2,3)4;1-4-10-6-5(11-4)3-9-7(6)8-2;1-3-5-6(7)9-4(2)8-5;1-4-8-5-2-7-3-6(5)9-4;1-3-6-4-8-5(2)7-6;1-3-7-4(2-8)5(6)9-3;5-6-3(7)1-2-4(6)8;1-2;/h9,11H,5H2,1-4H3,(H2,13,18);5-6H,3H2,1H3;3H2,1-2H3;2,5-6H,3H2,1H3;4H,3H2,1-2H3;2H,1H3;1-2H2;1-2H;1H. The predicted octanol–water partition coefficient (Wildman–Crippen LogP) is 10.6. The van der Waals surface area contributed by atoms with Crippen LogP contribution in [0.15, 0.2) is 43.0 Å². The Labute approximate surface area is 494 Å². The Balaban J connectivity index is 0.000000314. The summed E-state index contributed by atoms with van der Waals surface area (Å²) in [4.78, 5) is 91.4. The number of thioether (sulfide) groups is 3. The van der Waals surface area contributed by atoms with Gasteiger partial charge < -0.3 is 15.3 Å². The lowest BCUT2D eigenvalue weighted by molar-refractivity contribution is -0.156. The number of rotatable bonds is 6. The Morgan fingerprint density at radius 2 is 1.46 bits per heavy atom. The van der Waals surface area contributed by atoms with Gasteiger partial charge >= 0.3 is 5.97 Å². The number of hydrogen-bond donors (Lipinski definition) is 3. The average molecular weight is 1350 g/mol. The topological polar surface area (TPSA) is 292 Å². The molecule has 1 fully saturated rings. The van der Waals surface area contributed by atoms with Crippen molar-refractivity contribution in [1.82, 2.24) is 23.9 Å². The van der Waals surface area contributed by atoms with E-state index >= 15 is 0 Å². The maximum atomic E-state index is 11.9. The van der Waals surface area contributed by atoms with E-state index in [1.165, 1.54) is 53.3 Å². The fraction of sp³-hybridized carbons (Fsp3) is 0.543. The first-order valence-corrected chi connectivity index (χ1v) is 30.6. The molecule has 10 heterocycles. The highest BCUT2D eigenvalue weighted by Crippen LogP contribution is 2.36. The van der Waals surface area contributed by atoms with E-state index in [0.717, 1.165) is 60.0 Å². The largest absolute Gasteiger partial charge is 0.459 e. The highest BCUT2D eigenvalue weighted by atomic mass is 79.9. The van der Waals surface area contributed by atoms with Gasteiger partial charge in [0.1, 0.15) is 45.6 Å². The molecule has 1 saturated heterocycles. The molecule has 0 bridgehead atoms. The van der Waals surface area contributed by atoms with Gasteiger partial charge in [0, 0.05) is 25.9 Å². The van der Waals surface area contributed by atoms with Crippen molar-refractivity contribution in [3.05, 3.63) is 56.5 Å². The second kappa shape index (κ2) is 32.2. The molecule has 4 N–H and O–H groups in total. The van der Waals surface area contributed by atoms with Crippen LogP contribution in [0, 0.1) is 38.4 Å². The molecule has 0 spiro atoms. The Bertz CT molecular complexity index is 2760. The third kappa shape index (κ3) is 21.0. The van der Waals surface area contributed by atoms with Crippen molar-refractivity contribution in [1.29, 1.82) is 11.1 Å². The summed E-state index contributed by atoms with van der Waals surface area (Å²) in [5.74, 6) is -0.689. The van der Waals surface area contributed by atoms with Gasteiger partial charge in [0.2, 0.25) is 11.8 Å². The number of carbonyl (C=O) groups excluding carboxylic acids is 5. The van der Waals surface area contributed by atoms with E-state index in [4.69, 9.17) is 28.1 Å². The third-order valence-electron chi connectivity index (χ3n) is 9.98. The van der Waals surface area contributed by atoms with Gasteiger partial charge in [-0.15, -0.1) is 57.5 Å². The summed E-state index contributed by atoms with van der Waals surface area (Å²) in [7, 11) is 0. The number of amidine groups is 1. The average Bonchev–Trinajstić information content (AvgIpc) is 4.24. The molecule has 3 aromatic rings. The lowest BCUT2D eigenvalue weighted by Crippen LogP contribution is -2.38. The highest BCUT2D eigenvalue weighted by Gasteiger charge is 2.45. The number of primary amides is 1. The summed E-state index contributed by atoms with van der Waals surface area (Å²) in [5, 5.41) is 15.0. The van der Waals surface area contributed by atoms with Crippen LogP contribution >= 0.6 is 117 Å². The molecule has 3 amide bonds. The van der Waals surface area contributed by atoms with Gasteiger partial charge in [0.15, 0.2) is 12.0 Å². The van der Waals surface area contributed by atoms with E-state index in [1.54, 1.807) is 55.2 Å².